The van der Waals surface area contributed by atoms with Crippen molar-refractivity contribution in [2.75, 3.05) is 26.3 Å². The lowest BCUT2D eigenvalue weighted by molar-refractivity contribution is -0.384. The number of amides is 2. The van der Waals surface area contributed by atoms with E-state index in [1.165, 1.54) is 17.0 Å². The first-order chi connectivity index (χ1) is 15.4. The Bertz CT molecular complexity index is 1010. The lowest BCUT2D eigenvalue weighted by atomic mass is 10.0. The predicted molar refractivity (Wildman–Crippen MR) is 113 cm³/mol. The fourth-order valence-electron chi connectivity index (χ4n) is 3.35. The van der Waals surface area contributed by atoms with Crippen molar-refractivity contribution in [1.29, 1.82) is 0 Å². The molecule has 0 unspecified atom stereocenters. The van der Waals surface area contributed by atoms with Crippen LogP contribution in [0.15, 0.2) is 48.5 Å². The molecule has 1 heterocycles. The number of carbonyl (C=O) groups excluding carboxylic acids is 3. The number of esters is 1. The Balaban J connectivity index is 1.74. The highest BCUT2D eigenvalue weighted by Crippen LogP contribution is 2.27. The number of nitro benzene ring substituents is 1. The monoisotopic (exact) mass is 441 g/mol. The number of benzene rings is 2. The first-order valence-electron chi connectivity index (χ1n) is 10.1. The standard InChI is InChI=1S/C22H23N3O7/c1-2-31-21(27)13-18(15-6-4-3-5-7-15)23-20(26)14-24-10-11-32-19-9-8-16(25(29)30)12-17(19)22(24)28/h3-9,12,18H,2,10-11,13-14H2,1H3,(H,23,26)/t18-/m0/s1. The summed E-state index contributed by atoms with van der Waals surface area (Å²) < 4.78 is 10.5. The van der Waals surface area contributed by atoms with Crippen molar-refractivity contribution in [3.63, 3.8) is 0 Å². The van der Waals surface area contributed by atoms with Crippen LogP contribution in [0.4, 0.5) is 5.69 Å². The minimum Gasteiger partial charge on any atom is -0.491 e. The van der Waals surface area contributed by atoms with E-state index >= 15 is 0 Å². The van der Waals surface area contributed by atoms with Crippen molar-refractivity contribution in [2.45, 2.75) is 19.4 Å². The van der Waals surface area contributed by atoms with Crippen molar-refractivity contribution in [3.05, 3.63) is 69.8 Å². The van der Waals surface area contributed by atoms with Crippen LogP contribution in [0.1, 0.15) is 35.3 Å². The Morgan fingerprint density at radius 2 is 2.00 bits per heavy atom. The Kier molecular flexibility index (Phi) is 7.37. The molecular weight excluding hydrogens is 418 g/mol. The Labute approximate surface area is 184 Å². The van der Waals surface area contributed by atoms with Crippen molar-refractivity contribution in [3.8, 4) is 5.75 Å². The summed E-state index contributed by atoms with van der Waals surface area (Å²) in [6.45, 7) is 1.89. The van der Waals surface area contributed by atoms with E-state index in [9.17, 15) is 24.5 Å². The summed E-state index contributed by atoms with van der Waals surface area (Å²) in [7, 11) is 0. The van der Waals surface area contributed by atoms with E-state index in [4.69, 9.17) is 9.47 Å². The van der Waals surface area contributed by atoms with E-state index in [1.807, 2.05) is 6.07 Å². The number of non-ortho nitro benzene ring substituents is 1. The van der Waals surface area contributed by atoms with Gasteiger partial charge in [-0.25, -0.2) is 0 Å². The fourth-order valence-corrected chi connectivity index (χ4v) is 3.35. The predicted octanol–water partition coefficient (Wildman–Crippen LogP) is 2.24. The second-order valence-electron chi connectivity index (χ2n) is 7.05. The fraction of sp³-hybridized carbons (Fsp3) is 0.318. The summed E-state index contributed by atoms with van der Waals surface area (Å²) in [5.41, 5.74) is 0.501. The van der Waals surface area contributed by atoms with Crippen LogP contribution in [-0.4, -0.2) is 53.9 Å². The quantitative estimate of drug-likeness (QED) is 0.378. The molecule has 3 rings (SSSR count). The van der Waals surface area contributed by atoms with Crippen molar-refractivity contribution < 1.29 is 28.8 Å². The molecule has 0 fully saturated rings. The highest BCUT2D eigenvalue weighted by atomic mass is 16.6. The average Bonchev–Trinajstić information content (AvgIpc) is 2.92. The van der Waals surface area contributed by atoms with Gasteiger partial charge in [-0.2, -0.15) is 0 Å². The number of carbonyl (C=O) groups is 3. The average molecular weight is 441 g/mol. The summed E-state index contributed by atoms with van der Waals surface area (Å²) in [5, 5.41) is 13.8. The molecule has 168 valence electrons. The van der Waals surface area contributed by atoms with E-state index in [2.05, 4.69) is 5.32 Å². The van der Waals surface area contributed by atoms with Gasteiger partial charge in [0.05, 0.1) is 42.6 Å². The second kappa shape index (κ2) is 10.4. The number of fused-ring (bicyclic) bond motifs is 1. The van der Waals surface area contributed by atoms with Gasteiger partial charge in [0.25, 0.3) is 11.6 Å². The maximum atomic E-state index is 12.9. The third-order valence-electron chi connectivity index (χ3n) is 4.86. The van der Waals surface area contributed by atoms with Gasteiger partial charge in [-0.1, -0.05) is 30.3 Å². The maximum absolute atomic E-state index is 12.9. The minimum absolute atomic E-state index is 0.0237. The molecule has 0 aromatic heterocycles. The van der Waals surface area contributed by atoms with Crippen LogP contribution >= 0.6 is 0 Å². The van der Waals surface area contributed by atoms with Crippen LogP contribution in [0.25, 0.3) is 0 Å². The molecule has 1 atom stereocenters. The van der Waals surface area contributed by atoms with Crippen LogP contribution in [-0.2, 0) is 14.3 Å². The molecule has 1 N–H and O–H groups in total. The Hall–Kier alpha value is -3.95. The summed E-state index contributed by atoms with van der Waals surface area (Å²) in [5.74, 6) is -1.25. The molecule has 2 aromatic rings. The molecule has 10 heteroatoms. The highest BCUT2D eigenvalue weighted by molar-refractivity contribution is 5.99. The van der Waals surface area contributed by atoms with Gasteiger partial charge in [0, 0.05) is 12.1 Å². The molecule has 0 bridgehead atoms. The number of ether oxygens (including phenoxy) is 2. The molecule has 1 aliphatic heterocycles. The zero-order valence-electron chi connectivity index (χ0n) is 17.5. The maximum Gasteiger partial charge on any atom is 0.308 e. The minimum atomic E-state index is -0.630. The van der Waals surface area contributed by atoms with Gasteiger partial charge in [-0.3, -0.25) is 24.5 Å². The van der Waals surface area contributed by atoms with Gasteiger partial charge >= 0.3 is 5.97 Å². The lowest BCUT2D eigenvalue weighted by Gasteiger charge is -2.23. The molecule has 0 saturated carbocycles. The van der Waals surface area contributed by atoms with Gasteiger partial charge in [0.2, 0.25) is 5.91 Å². The van der Waals surface area contributed by atoms with Crippen molar-refractivity contribution in [2.24, 2.45) is 0 Å². The van der Waals surface area contributed by atoms with Gasteiger partial charge < -0.3 is 19.7 Å². The third-order valence-corrected chi connectivity index (χ3v) is 4.86. The van der Waals surface area contributed by atoms with E-state index in [-0.39, 0.29) is 49.7 Å². The van der Waals surface area contributed by atoms with E-state index in [0.717, 1.165) is 11.6 Å². The van der Waals surface area contributed by atoms with Crippen LogP contribution in [0.2, 0.25) is 0 Å². The SMILES string of the molecule is CCOC(=O)C[C@H](NC(=O)CN1CCOc2ccc([N+](=O)[O-])cc2C1=O)c1ccccc1. The van der Waals surface area contributed by atoms with Gasteiger partial charge in [0.1, 0.15) is 12.4 Å². The number of hydrogen-bond acceptors (Lipinski definition) is 7. The van der Waals surface area contributed by atoms with Crippen LogP contribution in [0, 0.1) is 10.1 Å². The molecule has 0 aliphatic carbocycles. The van der Waals surface area contributed by atoms with Crippen LogP contribution in [0.5, 0.6) is 5.75 Å². The normalized spacial score (nSPS) is 13.9. The number of rotatable bonds is 8. The summed E-state index contributed by atoms with van der Waals surface area (Å²) in [4.78, 5) is 49.4. The van der Waals surface area contributed by atoms with Gasteiger partial charge in [-0.15, -0.1) is 0 Å². The largest absolute Gasteiger partial charge is 0.491 e. The van der Waals surface area contributed by atoms with Gasteiger partial charge in [-0.05, 0) is 18.6 Å². The van der Waals surface area contributed by atoms with Crippen molar-refractivity contribution in [1.82, 2.24) is 10.2 Å². The highest BCUT2D eigenvalue weighted by Gasteiger charge is 2.28. The van der Waals surface area contributed by atoms with Gasteiger partial charge in [0.15, 0.2) is 0 Å². The molecule has 0 spiro atoms. The van der Waals surface area contributed by atoms with E-state index in [1.54, 1.807) is 31.2 Å². The van der Waals surface area contributed by atoms with E-state index in [0.29, 0.717) is 0 Å². The first-order valence-corrected chi connectivity index (χ1v) is 10.1. The van der Waals surface area contributed by atoms with Crippen LogP contribution < -0.4 is 10.1 Å². The zero-order chi connectivity index (χ0) is 23.1. The van der Waals surface area contributed by atoms with E-state index < -0.39 is 28.7 Å². The topological polar surface area (TPSA) is 128 Å². The third kappa shape index (κ3) is 5.60. The molecule has 2 aromatic carbocycles. The van der Waals surface area contributed by atoms with Crippen LogP contribution in [0.3, 0.4) is 0 Å². The second-order valence-corrected chi connectivity index (χ2v) is 7.05. The molecule has 32 heavy (non-hydrogen) atoms. The molecule has 0 saturated heterocycles. The summed E-state index contributed by atoms with van der Waals surface area (Å²) >= 11 is 0. The number of nitrogens with zero attached hydrogens (tertiary/aromatic N) is 2. The molecular formula is C22H23N3O7. The number of nitro groups is 1. The number of hydrogen-bond donors (Lipinski definition) is 1. The summed E-state index contributed by atoms with van der Waals surface area (Å²) in [6.07, 6.45) is -0.0598. The molecule has 1 aliphatic rings. The molecule has 0 radical (unpaired) electrons. The smallest absolute Gasteiger partial charge is 0.308 e. The molecule has 10 nitrogen and oxygen atoms in total. The Morgan fingerprint density at radius 3 is 2.69 bits per heavy atom. The number of nitrogens with one attached hydrogen (secondary N) is 1. The summed E-state index contributed by atoms with van der Waals surface area (Å²) in [6, 6.07) is 12.1. The van der Waals surface area contributed by atoms with Crippen molar-refractivity contribution >= 4 is 23.5 Å². The molecule has 2 amide bonds. The lowest BCUT2D eigenvalue weighted by Crippen LogP contribution is -2.43. The Morgan fingerprint density at radius 1 is 1.25 bits per heavy atom. The first kappa shape index (κ1) is 22.7. The zero-order valence-corrected chi connectivity index (χ0v) is 17.5.